The Labute approximate surface area is 91.1 Å². The molecule has 0 heterocycles. The Balaban J connectivity index is 2.35. The molecular formula is C13H19NO. The Bertz CT molecular complexity index is 304. The smallest absolute Gasteiger partial charge is 0.0758 e. The summed E-state index contributed by atoms with van der Waals surface area (Å²) in [6.45, 7) is 0.356. The average Bonchev–Trinajstić information content (AvgIpc) is 2.79. The van der Waals surface area contributed by atoms with Gasteiger partial charge in [0.15, 0.2) is 0 Å². The van der Waals surface area contributed by atoms with Crippen LogP contribution in [0.4, 0.5) is 0 Å². The molecular weight excluding hydrogens is 186 g/mol. The lowest BCUT2D eigenvalue weighted by Gasteiger charge is -2.34. The Morgan fingerprint density at radius 2 is 1.80 bits per heavy atom. The van der Waals surface area contributed by atoms with Crippen LogP contribution < -0.4 is 5.73 Å². The van der Waals surface area contributed by atoms with Gasteiger partial charge in [0, 0.05) is 12.0 Å². The molecule has 1 fully saturated rings. The molecule has 1 aromatic carbocycles. The van der Waals surface area contributed by atoms with E-state index in [0.717, 1.165) is 12.8 Å². The number of aliphatic hydroxyl groups is 1. The molecule has 0 saturated heterocycles. The summed E-state index contributed by atoms with van der Waals surface area (Å²) in [5.74, 6) is 0. The molecule has 0 bridgehead atoms. The van der Waals surface area contributed by atoms with Crippen LogP contribution in [0.1, 0.15) is 31.2 Å². The summed E-state index contributed by atoms with van der Waals surface area (Å²) in [5, 5.41) is 10.1. The monoisotopic (exact) mass is 205 g/mol. The topological polar surface area (TPSA) is 46.2 Å². The predicted octanol–water partition coefficient (Wildman–Crippen LogP) is 1.82. The Hall–Kier alpha value is -0.860. The van der Waals surface area contributed by atoms with Gasteiger partial charge in [-0.2, -0.15) is 0 Å². The highest BCUT2D eigenvalue weighted by atomic mass is 16.3. The third-order valence-corrected chi connectivity index (χ3v) is 3.71. The second-order valence-electron chi connectivity index (χ2n) is 4.48. The van der Waals surface area contributed by atoms with Crippen LogP contribution >= 0.6 is 0 Å². The number of hydrogen-bond donors (Lipinski definition) is 2. The molecule has 3 N–H and O–H groups in total. The summed E-state index contributed by atoms with van der Waals surface area (Å²) in [4.78, 5) is 0. The largest absolute Gasteiger partial charge is 0.391 e. The van der Waals surface area contributed by atoms with Crippen LogP contribution in [0.25, 0.3) is 0 Å². The van der Waals surface area contributed by atoms with Crippen LogP contribution in [-0.4, -0.2) is 17.8 Å². The van der Waals surface area contributed by atoms with Gasteiger partial charge in [0.25, 0.3) is 0 Å². The summed E-state index contributed by atoms with van der Waals surface area (Å²) in [6, 6.07) is 10.3. The maximum absolute atomic E-state index is 10.1. The number of nitrogens with two attached hydrogens (primary N) is 1. The highest BCUT2D eigenvalue weighted by molar-refractivity contribution is 5.28. The van der Waals surface area contributed by atoms with E-state index in [1.54, 1.807) is 0 Å². The Morgan fingerprint density at radius 1 is 1.20 bits per heavy atom. The van der Waals surface area contributed by atoms with E-state index in [-0.39, 0.29) is 5.41 Å². The molecule has 2 heteroatoms. The SMILES string of the molecule is NC[C@@H](O)C1(c2ccccc2)CCCC1. The van der Waals surface area contributed by atoms with Crippen molar-refractivity contribution in [1.82, 2.24) is 0 Å². The molecule has 1 aromatic rings. The molecule has 0 spiro atoms. The van der Waals surface area contributed by atoms with Crippen molar-refractivity contribution >= 4 is 0 Å². The van der Waals surface area contributed by atoms with Crippen LogP contribution in [0.3, 0.4) is 0 Å². The first-order valence-corrected chi connectivity index (χ1v) is 5.73. The van der Waals surface area contributed by atoms with Crippen molar-refractivity contribution in [2.45, 2.75) is 37.2 Å². The maximum atomic E-state index is 10.1. The zero-order chi connectivity index (χ0) is 10.7. The van der Waals surface area contributed by atoms with E-state index in [9.17, 15) is 5.11 Å². The number of rotatable bonds is 3. The number of aliphatic hydroxyl groups excluding tert-OH is 1. The van der Waals surface area contributed by atoms with Gasteiger partial charge in [-0.15, -0.1) is 0 Å². The van der Waals surface area contributed by atoms with E-state index in [0.29, 0.717) is 6.54 Å². The molecule has 1 aliphatic carbocycles. The van der Waals surface area contributed by atoms with Gasteiger partial charge in [0.2, 0.25) is 0 Å². The molecule has 1 saturated carbocycles. The van der Waals surface area contributed by atoms with Gasteiger partial charge in [0.05, 0.1) is 6.10 Å². The standard InChI is InChI=1S/C13H19NO/c14-10-12(15)13(8-4-5-9-13)11-6-2-1-3-7-11/h1-3,6-7,12,15H,4-5,8-10,14H2/t12-/m1/s1. The number of hydrogen-bond acceptors (Lipinski definition) is 2. The van der Waals surface area contributed by atoms with Gasteiger partial charge in [-0.05, 0) is 18.4 Å². The summed E-state index contributed by atoms with van der Waals surface area (Å²) >= 11 is 0. The predicted molar refractivity (Wildman–Crippen MR) is 61.6 cm³/mol. The molecule has 0 aliphatic heterocycles. The first-order chi connectivity index (χ1) is 7.29. The van der Waals surface area contributed by atoms with E-state index in [1.165, 1.54) is 18.4 Å². The van der Waals surface area contributed by atoms with Crippen molar-refractivity contribution in [2.75, 3.05) is 6.54 Å². The summed E-state index contributed by atoms with van der Waals surface area (Å²) < 4.78 is 0. The van der Waals surface area contributed by atoms with Crippen molar-refractivity contribution in [2.24, 2.45) is 5.73 Å². The maximum Gasteiger partial charge on any atom is 0.0758 e. The van der Waals surface area contributed by atoms with Crippen LogP contribution in [0.2, 0.25) is 0 Å². The van der Waals surface area contributed by atoms with Crippen LogP contribution in [-0.2, 0) is 5.41 Å². The van der Waals surface area contributed by atoms with Gasteiger partial charge < -0.3 is 10.8 Å². The minimum atomic E-state index is -0.401. The third kappa shape index (κ3) is 1.80. The fraction of sp³-hybridized carbons (Fsp3) is 0.538. The molecule has 1 aliphatic rings. The summed E-state index contributed by atoms with van der Waals surface area (Å²) in [6.07, 6.45) is 4.13. The first-order valence-electron chi connectivity index (χ1n) is 5.73. The average molecular weight is 205 g/mol. The molecule has 2 nitrogen and oxygen atoms in total. The second kappa shape index (κ2) is 4.33. The van der Waals surface area contributed by atoms with Gasteiger partial charge in [-0.1, -0.05) is 43.2 Å². The Morgan fingerprint density at radius 3 is 2.33 bits per heavy atom. The van der Waals surface area contributed by atoms with Gasteiger partial charge in [0.1, 0.15) is 0 Å². The van der Waals surface area contributed by atoms with Gasteiger partial charge >= 0.3 is 0 Å². The molecule has 0 radical (unpaired) electrons. The highest BCUT2D eigenvalue weighted by Crippen LogP contribution is 2.43. The van der Waals surface area contributed by atoms with Crippen molar-refractivity contribution in [3.05, 3.63) is 35.9 Å². The lowest BCUT2D eigenvalue weighted by Crippen LogP contribution is -2.41. The molecule has 0 amide bonds. The van der Waals surface area contributed by atoms with Crippen molar-refractivity contribution < 1.29 is 5.11 Å². The lowest BCUT2D eigenvalue weighted by atomic mass is 9.74. The van der Waals surface area contributed by atoms with Crippen LogP contribution in [0.5, 0.6) is 0 Å². The summed E-state index contributed by atoms with van der Waals surface area (Å²) in [7, 11) is 0. The fourth-order valence-corrected chi connectivity index (χ4v) is 2.82. The third-order valence-electron chi connectivity index (χ3n) is 3.71. The minimum absolute atomic E-state index is 0.0734. The van der Waals surface area contributed by atoms with E-state index in [1.807, 2.05) is 18.2 Å². The fourth-order valence-electron chi connectivity index (χ4n) is 2.82. The highest BCUT2D eigenvalue weighted by Gasteiger charge is 2.41. The normalized spacial score (nSPS) is 21.5. The lowest BCUT2D eigenvalue weighted by molar-refractivity contribution is 0.0899. The molecule has 2 rings (SSSR count). The second-order valence-corrected chi connectivity index (χ2v) is 4.48. The van der Waals surface area contributed by atoms with Gasteiger partial charge in [-0.25, -0.2) is 0 Å². The minimum Gasteiger partial charge on any atom is -0.391 e. The van der Waals surface area contributed by atoms with E-state index in [2.05, 4.69) is 12.1 Å². The van der Waals surface area contributed by atoms with E-state index >= 15 is 0 Å². The zero-order valence-corrected chi connectivity index (χ0v) is 9.02. The molecule has 82 valence electrons. The zero-order valence-electron chi connectivity index (χ0n) is 9.02. The molecule has 0 unspecified atom stereocenters. The Kier molecular flexibility index (Phi) is 3.08. The van der Waals surface area contributed by atoms with Crippen molar-refractivity contribution in [1.29, 1.82) is 0 Å². The van der Waals surface area contributed by atoms with E-state index < -0.39 is 6.10 Å². The quantitative estimate of drug-likeness (QED) is 0.790. The number of benzene rings is 1. The van der Waals surface area contributed by atoms with Crippen molar-refractivity contribution in [3.63, 3.8) is 0 Å². The molecule has 1 atom stereocenters. The van der Waals surface area contributed by atoms with Crippen LogP contribution in [0.15, 0.2) is 30.3 Å². The molecule has 0 aromatic heterocycles. The van der Waals surface area contributed by atoms with Crippen molar-refractivity contribution in [3.8, 4) is 0 Å². The van der Waals surface area contributed by atoms with E-state index in [4.69, 9.17) is 5.73 Å². The first kappa shape index (κ1) is 10.7. The van der Waals surface area contributed by atoms with Gasteiger partial charge in [-0.3, -0.25) is 0 Å². The molecule has 15 heavy (non-hydrogen) atoms. The van der Waals surface area contributed by atoms with Crippen LogP contribution in [0, 0.1) is 0 Å². The summed E-state index contributed by atoms with van der Waals surface area (Å²) in [5.41, 5.74) is 6.80.